The Morgan fingerprint density at radius 1 is 1.33 bits per heavy atom. The number of nitrogens with zero attached hydrogens (tertiary/aromatic N) is 2. The molecule has 132 valence electrons. The van der Waals surface area contributed by atoms with Crippen LogP contribution in [0.4, 0.5) is 0 Å². The Kier molecular flexibility index (Phi) is 4.17. The molecule has 4 fully saturated rings. The molecule has 0 atom stereocenters. The SMILES string of the molecule is COCCn1cc(C)s/c1=N\C(=O)C1(O)C2CC3CC(C2)CC1C3. The average Bonchev–Trinajstić information content (AvgIpc) is 2.89. The number of carbonyl (C=O) groups is 1. The Labute approximate surface area is 146 Å². The minimum atomic E-state index is -1.23. The topological polar surface area (TPSA) is 63.8 Å². The van der Waals surface area contributed by atoms with Crippen LogP contribution in [0.1, 0.15) is 37.0 Å². The van der Waals surface area contributed by atoms with Crippen molar-refractivity contribution in [3.8, 4) is 0 Å². The fraction of sp³-hybridized carbons (Fsp3) is 0.778. The van der Waals surface area contributed by atoms with Gasteiger partial charge in [-0.3, -0.25) is 4.79 Å². The van der Waals surface area contributed by atoms with E-state index in [1.165, 1.54) is 17.8 Å². The molecule has 0 spiro atoms. The summed E-state index contributed by atoms with van der Waals surface area (Å²) in [6, 6.07) is 0. The van der Waals surface area contributed by atoms with E-state index in [1.54, 1.807) is 7.11 Å². The van der Waals surface area contributed by atoms with Gasteiger partial charge in [-0.2, -0.15) is 4.99 Å². The third kappa shape index (κ3) is 2.59. The van der Waals surface area contributed by atoms with Crippen molar-refractivity contribution in [2.24, 2.45) is 28.7 Å². The number of rotatable bonds is 4. The molecule has 4 bridgehead atoms. The molecule has 0 aliphatic heterocycles. The average molecular weight is 350 g/mol. The zero-order valence-corrected chi connectivity index (χ0v) is 15.2. The Morgan fingerprint density at radius 3 is 2.54 bits per heavy atom. The van der Waals surface area contributed by atoms with Crippen LogP contribution in [0.2, 0.25) is 0 Å². The van der Waals surface area contributed by atoms with E-state index in [2.05, 4.69) is 4.99 Å². The van der Waals surface area contributed by atoms with E-state index in [1.807, 2.05) is 17.7 Å². The second-order valence-electron chi connectivity index (χ2n) is 7.86. The maximum absolute atomic E-state index is 13.0. The molecule has 5 rings (SSSR count). The molecule has 1 heterocycles. The molecule has 1 N–H and O–H groups in total. The molecule has 0 radical (unpaired) electrons. The lowest BCUT2D eigenvalue weighted by molar-refractivity contribution is -0.184. The predicted octanol–water partition coefficient (Wildman–Crippen LogP) is 2.12. The van der Waals surface area contributed by atoms with Crippen molar-refractivity contribution in [3.05, 3.63) is 15.9 Å². The molecule has 6 heteroatoms. The lowest BCUT2D eigenvalue weighted by atomic mass is 9.49. The summed E-state index contributed by atoms with van der Waals surface area (Å²) >= 11 is 1.50. The number of hydrogen-bond donors (Lipinski definition) is 1. The van der Waals surface area contributed by atoms with Crippen molar-refractivity contribution in [2.45, 2.75) is 51.2 Å². The molecule has 5 nitrogen and oxygen atoms in total. The minimum absolute atomic E-state index is 0.110. The van der Waals surface area contributed by atoms with Gasteiger partial charge in [-0.1, -0.05) is 0 Å². The van der Waals surface area contributed by atoms with Crippen molar-refractivity contribution >= 4 is 17.2 Å². The molecule has 4 aliphatic rings. The third-order valence-corrected chi connectivity index (χ3v) is 7.23. The number of hydrogen-bond acceptors (Lipinski definition) is 4. The number of aryl methyl sites for hydroxylation is 1. The van der Waals surface area contributed by atoms with Gasteiger partial charge in [0.2, 0.25) is 0 Å². The van der Waals surface area contributed by atoms with Crippen LogP contribution >= 0.6 is 11.3 Å². The third-order valence-electron chi connectivity index (χ3n) is 6.29. The van der Waals surface area contributed by atoms with Gasteiger partial charge in [0.15, 0.2) is 10.4 Å². The van der Waals surface area contributed by atoms with Gasteiger partial charge < -0.3 is 14.4 Å². The van der Waals surface area contributed by atoms with Crippen LogP contribution in [-0.4, -0.2) is 34.9 Å². The Bertz CT molecular complexity index is 677. The van der Waals surface area contributed by atoms with Crippen LogP contribution in [0, 0.1) is 30.6 Å². The first-order chi connectivity index (χ1) is 11.5. The molecule has 0 aromatic carbocycles. The van der Waals surface area contributed by atoms with Crippen LogP contribution in [0.15, 0.2) is 11.2 Å². The van der Waals surface area contributed by atoms with E-state index in [0.717, 1.165) is 42.4 Å². The van der Waals surface area contributed by atoms with Crippen LogP contribution < -0.4 is 4.80 Å². The maximum atomic E-state index is 13.0. The number of thiazole rings is 1. The quantitative estimate of drug-likeness (QED) is 0.905. The van der Waals surface area contributed by atoms with Crippen molar-refractivity contribution in [2.75, 3.05) is 13.7 Å². The first-order valence-corrected chi connectivity index (χ1v) is 9.79. The molecule has 24 heavy (non-hydrogen) atoms. The fourth-order valence-corrected chi connectivity index (χ4v) is 6.23. The highest BCUT2D eigenvalue weighted by Crippen LogP contribution is 2.58. The van der Waals surface area contributed by atoms with Gasteiger partial charge in [0.1, 0.15) is 0 Å². The molecule has 1 amide bonds. The number of ether oxygens (including phenoxy) is 1. The normalized spacial score (nSPS) is 38.0. The standard InChI is InChI=1S/C18H26N2O3S/c1-11-10-20(3-4-23-2)17(24-11)19-16(21)18(22)14-6-12-5-13(8-14)9-15(18)7-12/h10,12-15,22H,3-9H2,1-2H3/b19-17-. The van der Waals surface area contributed by atoms with Crippen LogP contribution in [-0.2, 0) is 16.1 Å². The number of amides is 1. The number of methoxy groups -OCH3 is 1. The largest absolute Gasteiger partial charge is 0.383 e. The molecule has 4 aliphatic carbocycles. The summed E-state index contributed by atoms with van der Waals surface area (Å²) in [6.45, 7) is 3.26. The summed E-state index contributed by atoms with van der Waals surface area (Å²) in [7, 11) is 1.67. The Morgan fingerprint density at radius 2 is 1.96 bits per heavy atom. The van der Waals surface area contributed by atoms with Crippen molar-refractivity contribution in [1.29, 1.82) is 0 Å². The highest BCUT2D eigenvalue weighted by atomic mass is 32.1. The number of aliphatic hydroxyl groups is 1. The first kappa shape index (κ1) is 16.5. The van der Waals surface area contributed by atoms with E-state index in [9.17, 15) is 9.90 Å². The van der Waals surface area contributed by atoms with Gasteiger partial charge in [-0.25, -0.2) is 0 Å². The van der Waals surface area contributed by atoms with E-state index < -0.39 is 5.60 Å². The van der Waals surface area contributed by atoms with E-state index in [4.69, 9.17) is 4.74 Å². The van der Waals surface area contributed by atoms with Crippen LogP contribution in [0.25, 0.3) is 0 Å². The minimum Gasteiger partial charge on any atom is -0.383 e. The molecule has 0 saturated heterocycles. The molecular formula is C18H26N2O3S. The second kappa shape index (κ2) is 6.07. The van der Waals surface area contributed by atoms with Crippen molar-refractivity contribution in [1.82, 2.24) is 4.57 Å². The lowest BCUT2D eigenvalue weighted by Crippen LogP contribution is -2.61. The molecular weight excluding hydrogens is 324 g/mol. The zero-order chi connectivity index (χ0) is 16.9. The monoisotopic (exact) mass is 350 g/mol. The maximum Gasteiger partial charge on any atom is 0.280 e. The van der Waals surface area contributed by atoms with Gasteiger partial charge >= 0.3 is 0 Å². The van der Waals surface area contributed by atoms with Gasteiger partial charge in [0.25, 0.3) is 5.91 Å². The Hall–Kier alpha value is -0.980. The second-order valence-corrected chi connectivity index (χ2v) is 9.07. The summed E-state index contributed by atoms with van der Waals surface area (Å²) in [4.78, 5) is 19.2. The summed E-state index contributed by atoms with van der Waals surface area (Å²) in [5.74, 6) is 1.34. The van der Waals surface area contributed by atoms with E-state index in [-0.39, 0.29) is 17.7 Å². The summed E-state index contributed by atoms with van der Waals surface area (Å²) in [5.41, 5.74) is -1.23. The molecule has 4 saturated carbocycles. The van der Waals surface area contributed by atoms with Gasteiger partial charge in [-0.15, -0.1) is 11.3 Å². The zero-order valence-electron chi connectivity index (χ0n) is 14.4. The fourth-order valence-electron chi connectivity index (χ4n) is 5.37. The lowest BCUT2D eigenvalue weighted by Gasteiger charge is -2.57. The number of carbonyl (C=O) groups excluding carboxylic acids is 1. The van der Waals surface area contributed by atoms with E-state index >= 15 is 0 Å². The molecule has 0 unspecified atom stereocenters. The summed E-state index contributed by atoms with van der Waals surface area (Å²) in [5, 5.41) is 11.3. The Balaban J connectivity index is 1.64. The predicted molar refractivity (Wildman–Crippen MR) is 91.5 cm³/mol. The smallest absolute Gasteiger partial charge is 0.280 e. The first-order valence-electron chi connectivity index (χ1n) is 8.98. The van der Waals surface area contributed by atoms with Crippen LogP contribution in [0.3, 0.4) is 0 Å². The van der Waals surface area contributed by atoms with Crippen molar-refractivity contribution < 1.29 is 14.6 Å². The van der Waals surface area contributed by atoms with Gasteiger partial charge in [-0.05, 0) is 62.7 Å². The van der Waals surface area contributed by atoms with Gasteiger partial charge in [0, 0.05) is 24.7 Å². The van der Waals surface area contributed by atoms with Crippen molar-refractivity contribution in [3.63, 3.8) is 0 Å². The summed E-state index contributed by atoms with van der Waals surface area (Å²) < 4.78 is 7.10. The highest BCUT2D eigenvalue weighted by molar-refractivity contribution is 7.09. The van der Waals surface area contributed by atoms with E-state index in [0.29, 0.717) is 18.0 Å². The summed E-state index contributed by atoms with van der Waals surface area (Å²) in [6.07, 6.45) is 7.29. The van der Waals surface area contributed by atoms with Gasteiger partial charge in [0.05, 0.1) is 6.61 Å². The number of aromatic nitrogens is 1. The molecule has 1 aromatic heterocycles. The molecule has 1 aromatic rings. The highest BCUT2D eigenvalue weighted by Gasteiger charge is 2.60. The van der Waals surface area contributed by atoms with Crippen LogP contribution in [0.5, 0.6) is 0 Å².